The molecule has 0 aliphatic carbocycles. The average molecular weight is 378 g/mol. The molecule has 0 spiro atoms. The van der Waals surface area contributed by atoms with Crippen molar-refractivity contribution in [2.75, 3.05) is 19.0 Å². The SMILES string of the molecule is CCOc1cccc(C(=O)Nc2ccc(Oc3ccc(C)cc3OC)nc2)c1. The summed E-state index contributed by atoms with van der Waals surface area (Å²) < 4.78 is 16.5. The molecule has 0 unspecified atom stereocenters. The third kappa shape index (κ3) is 4.79. The fraction of sp³-hybridized carbons (Fsp3) is 0.182. The van der Waals surface area contributed by atoms with E-state index in [0.717, 1.165) is 5.56 Å². The summed E-state index contributed by atoms with van der Waals surface area (Å²) >= 11 is 0. The maximum Gasteiger partial charge on any atom is 0.255 e. The van der Waals surface area contributed by atoms with E-state index in [-0.39, 0.29) is 5.91 Å². The van der Waals surface area contributed by atoms with E-state index < -0.39 is 0 Å². The van der Waals surface area contributed by atoms with Crippen LogP contribution < -0.4 is 19.5 Å². The van der Waals surface area contributed by atoms with Gasteiger partial charge in [0.1, 0.15) is 5.75 Å². The van der Waals surface area contributed by atoms with E-state index >= 15 is 0 Å². The van der Waals surface area contributed by atoms with Gasteiger partial charge in [0.25, 0.3) is 5.91 Å². The lowest BCUT2D eigenvalue weighted by Gasteiger charge is -2.11. The molecule has 1 heterocycles. The smallest absolute Gasteiger partial charge is 0.255 e. The second-order valence-electron chi connectivity index (χ2n) is 6.06. The van der Waals surface area contributed by atoms with Crippen LogP contribution in [0, 0.1) is 6.92 Å². The maximum atomic E-state index is 12.4. The monoisotopic (exact) mass is 378 g/mol. The topological polar surface area (TPSA) is 69.7 Å². The Labute approximate surface area is 164 Å². The van der Waals surface area contributed by atoms with E-state index in [2.05, 4.69) is 10.3 Å². The predicted molar refractivity (Wildman–Crippen MR) is 108 cm³/mol. The van der Waals surface area contributed by atoms with E-state index in [4.69, 9.17) is 14.2 Å². The Kier molecular flexibility index (Phi) is 6.11. The van der Waals surface area contributed by atoms with Crippen LogP contribution in [0.1, 0.15) is 22.8 Å². The molecule has 144 valence electrons. The lowest BCUT2D eigenvalue weighted by atomic mass is 10.2. The maximum absolute atomic E-state index is 12.4. The molecular weight excluding hydrogens is 356 g/mol. The number of carbonyl (C=O) groups excluding carboxylic acids is 1. The fourth-order valence-corrected chi connectivity index (χ4v) is 2.58. The Morgan fingerprint density at radius 1 is 1.07 bits per heavy atom. The first-order valence-electron chi connectivity index (χ1n) is 8.92. The number of benzene rings is 2. The van der Waals surface area contributed by atoms with Crippen LogP contribution in [0.15, 0.2) is 60.8 Å². The molecule has 0 aliphatic rings. The van der Waals surface area contributed by atoms with Gasteiger partial charge in [0, 0.05) is 11.6 Å². The first-order chi connectivity index (χ1) is 13.6. The van der Waals surface area contributed by atoms with Crippen molar-refractivity contribution in [3.63, 3.8) is 0 Å². The minimum absolute atomic E-state index is 0.239. The quantitative estimate of drug-likeness (QED) is 0.637. The summed E-state index contributed by atoms with van der Waals surface area (Å²) in [6.45, 7) is 4.42. The summed E-state index contributed by atoms with van der Waals surface area (Å²) in [5.74, 6) is 2.03. The van der Waals surface area contributed by atoms with Crippen molar-refractivity contribution >= 4 is 11.6 Å². The van der Waals surface area contributed by atoms with Gasteiger partial charge in [0.05, 0.1) is 25.6 Å². The zero-order valence-electron chi connectivity index (χ0n) is 16.1. The van der Waals surface area contributed by atoms with Gasteiger partial charge in [-0.2, -0.15) is 0 Å². The molecule has 1 amide bonds. The zero-order valence-corrected chi connectivity index (χ0v) is 16.1. The van der Waals surface area contributed by atoms with E-state index in [1.54, 1.807) is 43.6 Å². The second-order valence-corrected chi connectivity index (χ2v) is 6.06. The number of rotatable bonds is 7. The third-order valence-electron chi connectivity index (χ3n) is 3.94. The molecule has 0 bridgehead atoms. The van der Waals surface area contributed by atoms with Gasteiger partial charge < -0.3 is 19.5 Å². The van der Waals surface area contributed by atoms with Gasteiger partial charge in [-0.1, -0.05) is 12.1 Å². The van der Waals surface area contributed by atoms with Crippen LogP contribution in [0.5, 0.6) is 23.1 Å². The lowest BCUT2D eigenvalue weighted by Crippen LogP contribution is -2.12. The highest BCUT2D eigenvalue weighted by Gasteiger charge is 2.09. The molecule has 1 aromatic heterocycles. The first-order valence-corrected chi connectivity index (χ1v) is 8.92. The molecule has 0 saturated carbocycles. The number of hydrogen-bond acceptors (Lipinski definition) is 5. The summed E-state index contributed by atoms with van der Waals surface area (Å²) in [6.07, 6.45) is 1.54. The minimum atomic E-state index is -0.239. The van der Waals surface area contributed by atoms with Crippen LogP contribution >= 0.6 is 0 Å². The summed E-state index contributed by atoms with van der Waals surface area (Å²) in [7, 11) is 1.59. The number of ether oxygens (including phenoxy) is 3. The Balaban J connectivity index is 1.68. The molecule has 3 aromatic rings. The van der Waals surface area contributed by atoms with Crippen molar-refractivity contribution in [2.24, 2.45) is 0 Å². The van der Waals surface area contributed by atoms with Gasteiger partial charge >= 0.3 is 0 Å². The number of aromatic nitrogens is 1. The lowest BCUT2D eigenvalue weighted by molar-refractivity contribution is 0.102. The van der Waals surface area contributed by atoms with Gasteiger partial charge in [0.15, 0.2) is 11.5 Å². The highest BCUT2D eigenvalue weighted by atomic mass is 16.5. The van der Waals surface area contributed by atoms with Gasteiger partial charge in [-0.05, 0) is 55.8 Å². The molecule has 3 rings (SSSR count). The Morgan fingerprint density at radius 3 is 2.64 bits per heavy atom. The summed E-state index contributed by atoms with van der Waals surface area (Å²) in [5.41, 5.74) is 2.15. The molecular formula is C22H22N2O4. The minimum Gasteiger partial charge on any atom is -0.494 e. The highest BCUT2D eigenvalue weighted by Crippen LogP contribution is 2.31. The number of methoxy groups -OCH3 is 1. The second kappa shape index (κ2) is 8.90. The molecule has 0 aliphatic heterocycles. The van der Waals surface area contributed by atoms with Crippen LogP contribution in [0.3, 0.4) is 0 Å². The van der Waals surface area contributed by atoms with Gasteiger partial charge in [-0.15, -0.1) is 0 Å². The van der Waals surface area contributed by atoms with Crippen LogP contribution in [0.4, 0.5) is 5.69 Å². The Hall–Kier alpha value is -3.54. The number of pyridine rings is 1. The first kappa shape index (κ1) is 19.2. The Bertz CT molecular complexity index is 955. The van der Waals surface area contributed by atoms with E-state index in [0.29, 0.717) is 41.0 Å². The van der Waals surface area contributed by atoms with Crippen LogP contribution in [-0.4, -0.2) is 24.6 Å². The molecule has 6 heteroatoms. The van der Waals surface area contributed by atoms with Gasteiger partial charge in [-0.25, -0.2) is 4.98 Å². The number of hydrogen-bond donors (Lipinski definition) is 1. The molecule has 0 radical (unpaired) electrons. The number of amides is 1. The zero-order chi connectivity index (χ0) is 19.9. The van der Waals surface area contributed by atoms with Crippen molar-refractivity contribution < 1.29 is 19.0 Å². The number of nitrogens with zero attached hydrogens (tertiary/aromatic N) is 1. The van der Waals surface area contributed by atoms with E-state index in [9.17, 15) is 4.79 Å². The molecule has 6 nitrogen and oxygen atoms in total. The molecule has 28 heavy (non-hydrogen) atoms. The predicted octanol–water partition coefficient (Wildman–Crippen LogP) is 4.84. The summed E-state index contributed by atoms with van der Waals surface area (Å²) in [5, 5.41) is 2.81. The van der Waals surface area contributed by atoms with Gasteiger partial charge in [-0.3, -0.25) is 4.79 Å². The third-order valence-corrected chi connectivity index (χ3v) is 3.94. The molecule has 0 atom stereocenters. The standard InChI is InChI=1S/C22H22N2O4/c1-4-27-18-7-5-6-16(13-18)22(25)24-17-9-11-21(23-14-17)28-19-10-8-15(2)12-20(19)26-3/h5-14H,4H2,1-3H3,(H,24,25). The molecule has 0 fully saturated rings. The van der Waals surface area contributed by atoms with Crippen molar-refractivity contribution in [1.82, 2.24) is 4.98 Å². The van der Waals surface area contributed by atoms with Crippen molar-refractivity contribution in [3.05, 3.63) is 71.9 Å². The molecule has 2 aromatic carbocycles. The van der Waals surface area contributed by atoms with Crippen LogP contribution in [-0.2, 0) is 0 Å². The normalized spacial score (nSPS) is 10.2. The molecule has 0 saturated heterocycles. The number of carbonyl (C=O) groups is 1. The molecule has 1 N–H and O–H groups in total. The summed E-state index contributed by atoms with van der Waals surface area (Å²) in [6, 6.07) is 16.1. The van der Waals surface area contributed by atoms with E-state index in [1.165, 1.54) is 0 Å². The number of anilines is 1. The summed E-state index contributed by atoms with van der Waals surface area (Å²) in [4.78, 5) is 16.7. The average Bonchev–Trinajstić information content (AvgIpc) is 2.71. The van der Waals surface area contributed by atoms with Crippen molar-refractivity contribution in [1.29, 1.82) is 0 Å². The van der Waals surface area contributed by atoms with Crippen molar-refractivity contribution in [2.45, 2.75) is 13.8 Å². The fourth-order valence-electron chi connectivity index (χ4n) is 2.58. The highest BCUT2D eigenvalue weighted by molar-refractivity contribution is 6.04. The largest absolute Gasteiger partial charge is 0.494 e. The number of nitrogens with one attached hydrogen (secondary N) is 1. The number of aryl methyl sites for hydroxylation is 1. The van der Waals surface area contributed by atoms with Crippen LogP contribution in [0.2, 0.25) is 0 Å². The van der Waals surface area contributed by atoms with Gasteiger partial charge in [0.2, 0.25) is 5.88 Å². The van der Waals surface area contributed by atoms with Crippen LogP contribution in [0.25, 0.3) is 0 Å². The van der Waals surface area contributed by atoms with E-state index in [1.807, 2.05) is 38.1 Å². The van der Waals surface area contributed by atoms with Crippen molar-refractivity contribution in [3.8, 4) is 23.1 Å². The Morgan fingerprint density at radius 2 is 1.93 bits per heavy atom.